The summed E-state index contributed by atoms with van der Waals surface area (Å²) in [6.45, 7) is -0.456. The topological polar surface area (TPSA) is 117 Å². The number of imide groups is 1. The molecule has 0 radical (unpaired) electrons. The van der Waals surface area contributed by atoms with E-state index in [1.54, 1.807) is 48.5 Å². The molecule has 2 amide bonds. The van der Waals surface area contributed by atoms with Gasteiger partial charge in [0.1, 0.15) is 11.1 Å². The molecule has 0 N–H and O–H groups in total. The van der Waals surface area contributed by atoms with Gasteiger partial charge in [0.15, 0.2) is 12.4 Å². The molecule has 208 valence electrons. The fourth-order valence-corrected chi connectivity index (χ4v) is 5.52. The van der Waals surface area contributed by atoms with Crippen molar-refractivity contribution in [2.45, 2.75) is 16.7 Å². The fraction of sp³-hybridized carbons (Fsp3) is 0.0968. The lowest BCUT2D eigenvalue weighted by molar-refractivity contribution is -0.121. The average Bonchev–Trinajstić information content (AvgIpc) is 3.28. The Bertz CT molecular complexity index is 1740. The van der Waals surface area contributed by atoms with E-state index < -0.39 is 29.6 Å². The van der Waals surface area contributed by atoms with Gasteiger partial charge >= 0.3 is 5.97 Å². The lowest BCUT2D eigenvalue weighted by Gasteiger charge is -2.15. The first-order chi connectivity index (χ1) is 20.2. The van der Waals surface area contributed by atoms with E-state index >= 15 is 0 Å². The zero-order valence-corrected chi connectivity index (χ0v) is 23.9. The molecular formula is C31H19Cl2N3O5S. The zero-order chi connectivity index (χ0) is 29.8. The minimum atomic E-state index is -0.791. The Morgan fingerprint density at radius 2 is 1.52 bits per heavy atom. The Hall–Kier alpha value is -4.49. The maximum Gasteiger partial charge on any atom is 0.338 e. The minimum Gasteiger partial charge on any atom is -0.454 e. The van der Waals surface area contributed by atoms with Crippen molar-refractivity contribution in [3.05, 3.63) is 112 Å². The number of hydrogen-bond acceptors (Lipinski definition) is 8. The molecule has 2 heterocycles. The highest BCUT2D eigenvalue weighted by molar-refractivity contribution is 8.00. The van der Waals surface area contributed by atoms with Crippen LogP contribution in [0.3, 0.4) is 0 Å². The molecule has 8 nitrogen and oxygen atoms in total. The van der Waals surface area contributed by atoms with Gasteiger partial charge in [-0.2, -0.15) is 5.26 Å². The maximum absolute atomic E-state index is 13.3. The predicted octanol–water partition coefficient (Wildman–Crippen LogP) is 6.39. The second kappa shape index (κ2) is 12.6. The van der Waals surface area contributed by atoms with Crippen LogP contribution in [0.25, 0.3) is 11.3 Å². The van der Waals surface area contributed by atoms with Crippen LogP contribution < -0.4 is 4.90 Å². The number of anilines is 1. The van der Waals surface area contributed by atoms with Crippen LogP contribution in [-0.4, -0.2) is 40.4 Å². The normalized spacial score (nSPS) is 14.5. The lowest BCUT2D eigenvalue weighted by atomic mass is 10.1. The van der Waals surface area contributed by atoms with Crippen LogP contribution in [0, 0.1) is 11.3 Å². The maximum atomic E-state index is 13.3. The predicted molar refractivity (Wildman–Crippen MR) is 159 cm³/mol. The van der Waals surface area contributed by atoms with Gasteiger partial charge in [0.05, 0.1) is 27.8 Å². The number of thioether (sulfide) groups is 1. The summed E-state index contributed by atoms with van der Waals surface area (Å²) in [5, 5.41) is 10.2. The molecular weight excluding hydrogens is 597 g/mol. The first-order valence-electron chi connectivity index (χ1n) is 12.5. The average molecular weight is 616 g/mol. The SMILES string of the molecule is N#Cc1ccc(-c2ccc(Cl)cc2)nc1SC1CC(=O)N(c2ccc(C(=O)OCC(=O)c3ccc(Cl)cc3)cc2)C1=O. The number of nitriles is 1. The lowest BCUT2D eigenvalue weighted by Crippen LogP contribution is -2.31. The zero-order valence-electron chi connectivity index (χ0n) is 21.6. The van der Waals surface area contributed by atoms with Gasteiger partial charge in [-0.1, -0.05) is 47.1 Å². The number of benzene rings is 3. The van der Waals surface area contributed by atoms with Gasteiger partial charge in [-0.25, -0.2) is 14.7 Å². The third-order valence-corrected chi connectivity index (χ3v) is 8.03. The first kappa shape index (κ1) is 29.0. The Morgan fingerprint density at radius 1 is 0.905 bits per heavy atom. The van der Waals surface area contributed by atoms with Crippen LogP contribution in [0.2, 0.25) is 10.0 Å². The molecule has 1 unspecified atom stereocenters. The summed E-state index contributed by atoms with van der Waals surface area (Å²) in [5.41, 5.74) is 2.46. The molecule has 1 aromatic heterocycles. The quantitative estimate of drug-likeness (QED) is 0.127. The van der Waals surface area contributed by atoms with Crippen molar-refractivity contribution in [3.8, 4) is 17.3 Å². The summed E-state index contributed by atoms with van der Waals surface area (Å²) in [6, 6.07) is 24.4. The van der Waals surface area contributed by atoms with Crippen molar-refractivity contribution in [1.29, 1.82) is 5.26 Å². The van der Waals surface area contributed by atoms with Crippen molar-refractivity contribution in [2.75, 3.05) is 11.5 Å². The number of ketones is 1. The summed E-state index contributed by atoms with van der Waals surface area (Å²) < 4.78 is 5.12. The molecule has 0 saturated carbocycles. The summed E-state index contributed by atoms with van der Waals surface area (Å²) in [5.74, 6) is -2.00. The molecule has 0 aliphatic carbocycles. The van der Waals surface area contributed by atoms with E-state index in [2.05, 4.69) is 11.1 Å². The Morgan fingerprint density at radius 3 is 2.17 bits per heavy atom. The van der Waals surface area contributed by atoms with Gasteiger partial charge in [0.25, 0.3) is 0 Å². The number of pyridine rings is 1. The van der Waals surface area contributed by atoms with Crippen LogP contribution in [-0.2, 0) is 14.3 Å². The Labute approximate surface area is 254 Å². The van der Waals surface area contributed by atoms with Gasteiger partial charge in [-0.15, -0.1) is 0 Å². The van der Waals surface area contributed by atoms with Gasteiger partial charge in [0, 0.05) is 27.6 Å². The highest BCUT2D eigenvalue weighted by Gasteiger charge is 2.40. The largest absolute Gasteiger partial charge is 0.454 e. The van der Waals surface area contributed by atoms with E-state index in [1.165, 1.54) is 36.4 Å². The van der Waals surface area contributed by atoms with E-state index in [0.717, 1.165) is 22.2 Å². The number of ether oxygens (including phenoxy) is 1. The molecule has 1 fully saturated rings. The molecule has 1 atom stereocenters. The Balaban J connectivity index is 1.26. The number of nitrogens with zero attached hydrogens (tertiary/aromatic N) is 3. The second-order valence-corrected chi connectivity index (χ2v) is 11.2. The highest BCUT2D eigenvalue weighted by Crippen LogP contribution is 2.36. The van der Waals surface area contributed by atoms with Crippen LogP contribution in [0.1, 0.15) is 32.7 Å². The first-order valence-corrected chi connectivity index (χ1v) is 14.1. The molecule has 4 aromatic rings. The molecule has 3 aromatic carbocycles. The van der Waals surface area contributed by atoms with E-state index in [4.69, 9.17) is 27.9 Å². The summed E-state index contributed by atoms with van der Waals surface area (Å²) in [6.07, 6.45) is -0.0855. The van der Waals surface area contributed by atoms with Crippen molar-refractivity contribution >= 4 is 64.2 Å². The molecule has 1 aliphatic rings. The van der Waals surface area contributed by atoms with E-state index in [-0.39, 0.29) is 29.0 Å². The number of aromatic nitrogens is 1. The summed E-state index contributed by atoms with van der Waals surface area (Å²) >= 11 is 12.9. The van der Waals surface area contributed by atoms with Gasteiger partial charge in [-0.3, -0.25) is 14.4 Å². The van der Waals surface area contributed by atoms with E-state index in [0.29, 0.717) is 26.3 Å². The van der Waals surface area contributed by atoms with Crippen molar-refractivity contribution < 1.29 is 23.9 Å². The monoisotopic (exact) mass is 615 g/mol. The van der Waals surface area contributed by atoms with Gasteiger partial charge in [-0.05, 0) is 72.8 Å². The molecule has 42 heavy (non-hydrogen) atoms. The number of halogens is 2. The molecule has 5 rings (SSSR count). The van der Waals surface area contributed by atoms with Crippen molar-refractivity contribution in [2.24, 2.45) is 0 Å². The number of Topliss-reactive ketones (excluding diaryl/α,β-unsaturated/α-hetero) is 1. The van der Waals surface area contributed by atoms with E-state index in [9.17, 15) is 24.4 Å². The van der Waals surface area contributed by atoms with Crippen molar-refractivity contribution in [3.63, 3.8) is 0 Å². The summed E-state index contributed by atoms with van der Waals surface area (Å²) in [4.78, 5) is 56.5. The smallest absolute Gasteiger partial charge is 0.338 e. The number of carbonyl (C=O) groups excluding carboxylic acids is 4. The number of esters is 1. The molecule has 0 bridgehead atoms. The van der Waals surface area contributed by atoms with E-state index in [1.807, 2.05) is 0 Å². The van der Waals surface area contributed by atoms with Gasteiger partial charge in [0.2, 0.25) is 11.8 Å². The molecule has 11 heteroatoms. The molecule has 1 saturated heterocycles. The van der Waals surface area contributed by atoms with Gasteiger partial charge < -0.3 is 4.74 Å². The highest BCUT2D eigenvalue weighted by atomic mass is 35.5. The second-order valence-electron chi connectivity index (χ2n) is 9.10. The number of amides is 2. The van der Waals surface area contributed by atoms with Crippen molar-refractivity contribution in [1.82, 2.24) is 4.98 Å². The van der Waals surface area contributed by atoms with Crippen LogP contribution in [0.15, 0.2) is 90.0 Å². The third kappa shape index (κ3) is 6.37. The van der Waals surface area contributed by atoms with Crippen LogP contribution in [0.5, 0.6) is 0 Å². The fourth-order valence-electron chi connectivity index (χ4n) is 4.18. The minimum absolute atomic E-state index is 0.0855. The standard InChI is InChI=1S/C31H19Cl2N3O5S/c32-22-8-1-18(2-9-22)25-14-7-21(16-34)29(35-25)42-27-15-28(38)36(30(27)39)24-12-5-20(6-13-24)31(40)41-17-26(37)19-3-10-23(33)11-4-19/h1-14,27H,15,17H2. The summed E-state index contributed by atoms with van der Waals surface area (Å²) in [7, 11) is 0. The third-order valence-electron chi connectivity index (χ3n) is 6.34. The van der Waals surface area contributed by atoms with Crippen LogP contribution >= 0.6 is 35.0 Å². The van der Waals surface area contributed by atoms with Crippen LogP contribution in [0.4, 0.5) is 5.69 Å². The number of hydrogen-bond donors (Lipinski definition) is 0. The number of rotatable bonds is 8. The Kier molecular flexibility index (Phi) is 8.69. The molecule has 1 aliphatic heterocycles. The molecule has 0 spiro atoms. The number of carbonyl (C=O) groups is 4.